The van der Waals surface area contributed by atoms with Crippen molar-refractivity contribution in [3.63, 3.8) is 0 Å². The Hall–Kier alpha value is -3.39. The molecule has 4 rings (SSSR count). The van der Waals surface area contributed by atoms with Crippen LogP contribution in [0.5, 0.6) is 0 Å². The number of fused-ring (bicyclic) bond motifs is 3. The number of nitrogens with one attached hydrogen (secondary N) is 2. The summed E-state index contributed by atoms with van der Waals surface area (Å²) in [6, 6.07) is 14.6. The highest BCUT2D eigenvalue weighted by atomic mass is 16.5. The first-order valence-corrected chi connectivity index (χ1v) is 10.6. The van der Waals surface area contributed by atoms with E-state index < -0.39 is 30.4 Å². The largest absolute Gasteiger partial charge is 0.481 e. The lowest BCUT2D eigenvalue weighted by Gasteiger charge is -2.20. The van der Waals surface area contributed by atoms with E-state index in [1.54, 1.807) is 0 Å². The zero-order valence-electron chi connectivity index (χ0n) is 17.5. The highest BCUT2D eigenvalue weighted by Crippen LogP contribution is 2.45. The van der Waals surface area contributed by atoms with Gasteiger partial charge in [0.15, 0.2) is 0 Å². The molecule has 2 aliphatic carbocycles. The Bertz CT molecular complexity index is 987. The number of carboxylic acid groups (broad SMARTS) is 1. The van der Waals surface area contributed by atoms with Crippen molar-refractivity contribution in [3.8, 4) is 11.1 Å². The molecule has 0 aromatic heterocycles. The first-order chi connectivity index (χ1) is 15.4. The van der Waals surface area contributed by atoms with Gasteiger partial charge in [-0.1, -0.05) is 48.5 Å². The number of hydrogen-bond acceptors (Lipinski definition) is 5. The summed E-state index contributed by atoms with van der Waals surface area (Å²) in [5.41, 5.74) is 3.98. The number of carboxylic acids is 1. The van der Waals surface area contributed by atoms with Gasteiger partial charge in [0.05, 0.1) is 13.0 Å². The quantitative estimate of drug-likeness (QED) is 0.476. The number of aliphatic hydroxyl groups excluding tert-OH is 1. The van der Waals surface area contributed by atoms with E-state index in [-0.39, 0.29) is 31.1 Å². The second-order valence-corrected chi connectivity index (χ2v) is 8.50. The lowest BCUT2D eigenvalue weighted by atomic mass is 9.98. The van der Waals surface area contributed by atoms with E-state index in [1.807, 2.05) is 48.5 Å². The van der Waals surface area contributed by atoms with Crippen molar-refractivity contribution in [2.75, 3.05) is 19.8 Å². The first kappa shape index (κ1) is 21.8. The van der Waals surface area contributed by atoms with E-state index >= 15 is 0 Å². The van der Waals surface area contributed by atoms with Crippen LogP contribution in [0.25, 0.3) is 11.1 Å². The van der Waals surface area contributed by atoms with Crippen molar-refractivity contribution in [3.05, 3.63) is 59.7 Å². The Balaban J connectivity index is 1.38. The van der Waals surface area contributed by atoms with E-state index in [1.165, 1.54) is 0 Å². The topological polar surface area (TPSA) is 125 Å². The predicted octanol–water partition coefficient (Wildman–Crippen LogP) is 2.26. The fraction of sp³-hybridized carbons (Fsp3) is 0.375. The fourth-order valence-electron chi connectivity index (χ4n) is 4.13. The number of aliphatic hydroxyl groups is 1. The second-order valence-electron chi connectivity index (χ2n) is 8.50. The monoisotopic (exact) mass is 438 g/mol. The summed E-state index contributed by atoms with van der Waals surface area (Å²) in [4.78, 5) is 36.1. The van der Waals surface area contributed by atoms with Gasteiger partial charge in [-0.05, 0) is 35.1 Å². The SMILES string of the molecule is O=C(O)CC(NC(=O)OCC1c2ccccc2-c2ccccc21)C(=O)NCC1(CO)CC1. The summed E-state index contributed by atoms with van der Waals surface area (Å²) in [6.07, 6.45) is 0.180. The van der Waals surface area contributed by atoms with E-state index in [2.05, 4.69) is 10.6 Å². The van der Waals surface area contributed by atoms with Crippen molar-refractivity contribution in [1.29, 1.82) is 0 Å². The highest BCUT2D eigenvalue weighted by molar-refractivity contribution is 5.89. The van der Waals surface area contributed by atoms with E-state index in [0.29, 0.717) is 0 Å². The van der Waals surface area contributed by atoms with Gasteiger partial charge in [0, 0.05) is 17.9 Å². The lowest BCUT2D eigenvalue weighted by Crippen LogP contribution is -2.49. The maximum Gasteiger partial charge on any atom is 0.407 e. The molecule has 0 heterocycles. The van der Waals surface area contributed by atoms with Crippen LogP contribution in [0.1, 0.15) is 36.3 Å². The molecule has 168 valence electrons. The second kappa shape index (κ2) is 9.00. The summed E-state index contributed by atoms with van der Waals surface area (Å²) < 4.78 is 5.42. The third-order valence-corrected chi connectivity index (χ3v) is 6.26. The number of carbonyl (C=O) groups is 3. The lowest BCUT2D eigenvalue weighted by molar-refractivity contribution is -0.139. The Kier molecular flexibility index (Phi) is 6.14. The minimum absolute atomic E-state index is 0.0450. The molecular weight excluding hydrogens is 412 g/mol. The van der Waals surface area contributed by atoms with Crippen LogP contribution < -0.4 is 10.6 Å². The molecule has 0 radical (unpaired) electrons. The minimum atomic E-state index is -1.27. The average Bonchev–Trinajstić information content (AvgIpc) is 3.51. The van der Waals surface area contributed by atoms with Gasteiger partial charge in [0.2, 0.25) is 5.91 Å². The molecule has 4 N–H and O–H groups in total. The summed E-state index contributed by atoms with van der Waals surface area (Å²) in [5, 5.41) is 23.5. The van der Waals surface area contributed by atoms with Gasteiger partial charge < -0.3 is 25.6 Å². The molecule has 2 aromatic carbocycles. The van der Waals surface area contributed by atoms with Crippen LogP contribution in [0.15, 0.2) is 48.5 Å². The van der Waals surface area contributed by atoms with Gasteiger partial charge >= 0.3 is 12.1 Å². The minimum Gasteiger partial charge on any atom is -0.481 e. The number of ether oxygens (including phenoxy) is 1. The summed E-state index contributed by atoms with van der Waals surface area (Å²) in [6.45, 7) is 0.260. The molecule has 1 saturated carbocycles. The zero-order valence-corrected chi connectivity index (χ0v) is 17.5. The van der Waals surface area contributed by atoms with Crippen molar-refractivity contribution in [2.24, 2.45) is 5.41 Å². The number of aliphatic carboxylic acids is 1. The molecule has 0 spiro atoms. The maximum atomic E-state index is 12.5. The van der Waals surface area contributed by atoms with E-state index in [9.17, 15) is 19.5 Å². The third kappa shape index (κ3) is 4.60. The van der Waals surface area contributed by atoms with Gasteiger partial charge in [-0.25, -0.2) is 4.79 Å². The number of hydrogen-bond donors (Lipinski definition) is 4. The van der Waals surface area contributed by atoms with Crippen LogP contribution in [0.3, 0.4) is 0 Å². The Morgan fingerprint density at radius 3 is 2.16 bits per heavy atom. The molecule has 8 heteroatoms. The maximum absolute atomic E-state index is 12.5. The molecule has 2 aliphatic rings. The summed E-state index contributed by atoms with van der Waals surface area (Å²) in [5.74, 6) is -1.97. The summed E-state index contributed by atoms with van der Waals surface area (Å²) in [7, 11) is 0. The normalized spacial score (nSPS) is 16.4. The van der Waals surface area contributed by atoms with Gasteiger partial charge in [0.25, 0.3) is 0 Å². The van der Waals surface area contributed by atoms with Crippen LogP contribution in [0, 0.1) is 5.41 Å². The molecule has 32 heavy (non-hydrogen) atoms. The Morgan fingerprint density at radius 1 is 1.03 bits per heavy atom. The van der Waals surface area contributed by atoms with Gasteiger partial charge in [-0.2, -0.15) is 0 Å². The summed E-state index contributed by atoms with van der Waals surface area (Å²) >= 11 is 0. The molecule has 1 fully saturated rings. The number of alkyl carbamates (subject to hydrolysis) is 1. The van der Waals surface area contributed by atoms with Crippen molar-refractivity contribution >= 4 is 18.0 Å². The molecular formula is C24H26N2O6. The van der Waals surface area contributed by atoms with Crippen LogP contribution in [0.2, 0.25) is 0 Å². The molecule has 1 atom stereocenters. The fourth-order valence-corrected chi connectivity index (χ4v) is 4.13. The molecule has 0 aliphatic heterocycles. The number of amides is 2. The van der Waals surface area contributed by atoms with E-state index in [4.69, 9.17) is 9.84 Å². The standard InChI is InChI=1S/C24H26N2O6/c27-14-24(9-10-24)13-25-22(30)20(11-21(28)29)26-23(31)32-12-19-17-7-3-1-5-15(17)16-6-2-4-8-18(16)19/h1-8,19-20,27H,9-14H2,(H,25,30)(H,26,31)(H,28,29). The van der Waals surface area contributed by atoms with Crippen molar-refractivity contribution in [1.82, 2.24) is 10.6 Å². The molecule has 1 unspecified atom stereocenters. The van der Waals surface area contributed by atoms with Crippen molar-refractivity contribution in [2.45, 2.75) is 31.2 Å². The van der Waals surface area contributed by atoms with Crippen LogP contribution in [-0.4, -0.2) is 54.0 Å². The Labute approximate surface area is 185 Å². The Morgan fingerprint density at radius 2 is 1.62 bits per heavy atom. The van der Waals surface area contributed by atoms with Gasteiger partial charge in [-0.3, -0.25) is 9.59 Å². The average molecular weight is 438 g/mol. The number of benzene rings is 2. The third-order valence-electron chi connectivity index (χ3n) is 6.26. The van der Waals surface area contributed by atoms with Crippen molar-refractivity contribution < 1.29 is 29.3 Å². The van der Waals surface area contributed by atoms with Crippen LogP contribution in [0.4, 0.5) is 4.79 Å². The smallest absolute Gasteiger partial charge is 0.407 e. The molecule has 8 nitrogen and oxygen atoms in total. The van der Waals surface area contributed by atoms with Crippen LogP contribution >= 0.6 is 0 Å². The van der Waals surface area contributed by atoms with Crippen LogP contribution in [-0.2, 0) is 14.3 Å². The number of rotatable bonds is 9. The predicted molar refractivity (Wildman–Crippen MR) is 116 cm³/mol. The van der Waals surface area contributed by atoms with E-state index in [0.717, 1.165) is 35.1 Å². The highest BCUT2D eigenvalue weighted by Gasteiger charge is 2.42. The molecule has 0 saturated heterocycles. The van der Waals surface area contributed by atoms with Gasteiger partial charge in [-0.15, -0.1) is 0 Å². The molecule has 2 aromatic rings. The zero-order chi connectivity index (χ0) is 22.7. The molecule has 2 amide bonds. The first-order valence-electron chi connectivity index (χ1n) is 10.6. The van der Waals surface area contributed by atoms with Gasteiger partial charge in [0.1, 0.15) is 12.6 Å². The number of carbonyl (C=O) groups excluding carboxylic acids is 2. The molecule has 0 bridgehead atoms.